The van der Waals surface area contributed by atoms with Gasteiger partial charge in [0.1, 0.15) is 0 Å². The summed E-state index contributed by atoms with van der Waals surface area (Å²) < 4.78 is 0. The molecule has 0 amide bonds. The minimum Gasteiger partial charge on any atom is -0.390 e. The highest BCUT2D eigenvalue weighted by molar-refractivity contribution is 5.31. The lowest BCUT2D eigenvalue weighted by molar-refractivity contribution is 0.0537. The summed E-state index contributed by atoms with van der Waals surface area (Å²) in [5.41, 5.74) is 8.49. The lowest BCUT2D eigenvalue weighted by atomic mass is 9.90. The number of rotatable bonds is 4. The standard InChI is InChI=1S/C13H21NO/c1-10-4-5-12(11(2)8-10)9-13(3,15)6-7-14/h4-5,8,15H,6-7,9,14H2,1-3H3. The van der Waals surface area contributed by atoms with Crippen molar-refractivity contribution in [2.24, 2.45) is 5.73 Å². The Morgan fingerprint density at radius 2 is 2.00 bits per heavy atom. The largest absolute Gasteiger partial charge is 0.390 e. The van der Waals surface area contributed by atoms with Crippen LogP contribution in [-0.4, -0.2) is 17.3 Å². The van der Waals surface area contributed by atoms with Crippen molar-refractivity contribution in [3.63, 3.8) is 0 Å². The number of hydrogen-bond acceptors (Lipinski definition) is 2. The van der Waals surface area contributed by atoms with Crippen LogP contribution in [0, 0.1) is 13.8 Å². The van der Waals surface area contributed by atoms with Gasteiger partial charge in [-0.25, -0.2) is 0 Å². The van der Waals surface area contributed by atoms with Crippen molar-refractivity contribution < 1.29 is 5.11 Å². The van der Waals surface area contributed by atoms with E-state index in [0.717, 1.165) is 0 Å². The highest BCUT2D eigenvalue weighted by atomic mass is 16.3. The minimum absolute atomic E-state index is 0.526. The van der Waals surface area contributed by atoms with Gasteiger partial charge in [0.2, 0.25) is 0 Å². The molecule has 0 aliphatic heterocycles. The quantitative estimate of drug-likeness (QED) is 0.792. The maximum atomic E-state index is 10.1. The maximum absolute atomic E-state index is 10.1. The Morgan fingerprint density at radius 1 is 1.33 bits per heavy atom. The molecule has 1 aromatic rings. The molecule has 1 rings (SSSR count). The molecule has 0 bridgehead atoms. The first-order valence-electron chi connectivity index (χ1n) is 5.43. The Morgan fingerprint density at radius 3 is 2.53 bits per heavy atom. The molecular weight excluding hydrogens is 186 g/mol. The van der Waals surface area contributed by atoms with E-state index in [1.165, 1.54) is 16.7 Å². The van der Waals surface area contributed by atoms with Gasteiger partial charge in [0, 0.05) is 6.42 Å². The predicted molar refractivity (Wildman–Crippen MR) is 63.9 cm³/mol. The maximum Gasteiger partial charge on any atom is 0.0672 e. The van der Waals surface area contributed by atoms with E-state index in [-0.39, 0.29) is 0 Å². The first-order chi connectivity index (χ1) is 6.94. The summed E-state index contributed by atoms with van der Waals surface area (Å²) in [6.45, 7) is 6.53. The fraction of sp³-hybridized carbons (Fsp3) is 0.538. The molecule has 15 heavy (non-hydrogen) atoms. The highest BCUT2D eigenvalue weighted by Gasteiger charge is 2.20. The van der Waals surface area contributed by atoms with Crippen molar-refractivity contribution in [2.45, 2.75) is 39.2 Å². The van der Waals surface area contributed by atoms with E-state index in [1.807, 2.05) is 6.92 Å². The second-order valence-corrected chi connectivity index (χ2v) is 4.64. The molecule has 0 aliphatic rings. The Bertz CT molecular complexity index is 331. The third-order valence-electron chi connectivity index (χ3n) is 2.75. The van der Waals surface area contributed by atoms with Gasteiger partial charge in [0.05, 0.1) is 5.60 Å². The molecule has 1 aromatic carbocycles. The van der Waals surface area contributed by atoms with Crippen LogP contribution in [0.15, 0.2) is 18.2 Å². The third kappa shape index (κ3) is 3.65. The number of aryl methyl sites for hydroxylation is 2. The van der Waals surface area contributed by atoms with Gasteiger partial charge in [-0.05, 0) is 44.9 Å². The predicted octanol–water partition coefficient (Wildman–Crippen LogP) is 1.95. The molecule has 3 N–H and O–H groups in total. The average Bonchev–Trinajstić information content (AvgIpc) is 2.09. The summed E-state index contributed by atoms with van der Waals surface area (Å²) in [5.74, 6) is 0. The molecule has 1 atom stereocenters. The van der Waals surface area contributed by atoms with Crippen LogP contribution >= 0.6 is 0 Å². The summed E-state index contributed by atoms with van der Waals surface area (Å²) in [4.78, 5) is 0. The van der Waals surface area contributed by atoms with Gasteiger partial charge in [0.15, 0.2) is 0 Å². The molecule has 1 unspecified atom stereocenters. The number of nitrogens with two attached hydrogens (primary N) is 1. The second-order valence-electron chi connectivity index (χ2n) is 4.64. The number of hydrogen-bond donors (Lipinski definition) is 2. The molecule has 0 saturated carbocycles. The van der Waals surface area contributed by atoms with Crippen molar-refractivity contribution in [2.75, 3.05) is 6.54 Å². The molecule has 0 aromatic heterocycles. The first kappa shape index (κ1) is 12.2. The van der Waals surface area contributed by atoms with E-state index in [1.54, 1.807) is 0 Å². The normalized spacial score (nSPS) is 15.0. The monoisotopic (exact) mass is 207 g/mol. The van der Waals surface area contributed by atoms with Crippen molar-refractivity contribution in [1.82, 2.24) is 0 Å². The van der Waals surface area contributed by atoms with Crippen molar-refractivity contribution in [3.8, 4) is 0 Å². The van der Waals surface area contributed by atoms with E-state index in [9.17, 15) is 5.11 Å². The Kier molecular flexibility index (Phi) is 3.89. The van der Waals surface area contributed by atoms with Gasteiger partial charge < -0.3 is 10.8 Å². The molecule has 0 radical (unpaired) electrons. The van der Waals surface area contributed by atoms with Gasteiger partial charge in [-0.2, -0.15) is 0 Å². The van der Waals surface area contributed by atoms with Crippen LogP contribution < -0.4 is 5.73 Å². The fourth-order valence-electron chi connectivity index (χ4n) is 1.85. The van der Waals surface area contributed by atoms with Crippen LogP contribution in [0.1, 0.15) is 30.0 Å². The van der Waals surface area contributed by atoms with E-state index >= 15 is 0 Å². The molecule has 84 valence electrons. The summed E-state index contributed by atoms with van der Waals surface area (Å²) >= 11 is 0. The summed E-state index contributed by atoms with van der Waals surface area (Å²) in [6, 6.07) is 6.32. The van der Waals surface area contributed by atoms with Gasteiger partial charge >= 0.3 is 0 Å². The van der Waals surface area contributed by atoms with Gasteiger partial charge in [-0.1, -0.05) is 23.8 Å². The average molecular weight is 207 g/mol. The Hall–Kier alpha value is -0.860. The lowest BCUT2D eigenvalue weighted by Crippen LogP contribution is -2.30. The Labute approximate surface area is 92.1 Å². The van der Waals surface area contributed by atoms with Crippen molar-refractivity contribution >= 4 is 0 Å². The van der Waals surface area contributed by atoms with E-state index in [2.05, 4.69) is 32.0 Å². The van der Waals surface area contributed by atoms with Crippen LogP contribution in [0.4, 0.5) is 0 Å². The molecule has 0 saturated heterocycles. The van der Waals surface area contributed by atoms with E-state index in [0.29, 0.717) is 19.4 Å². The first-order valence-corrected chi connectivity index (χ1v) is 5.43. The van der Waals surface area contributed by atoms with Crippen molar-refractivity contribution in [1.29, 1.82) is 0 Å². The van der Waals surface area contributed by atoms with E-state index in [4.69, 9.17) is 5.73 Å². The molecule has 2 nitrogen and oxygen atoms in total. The van der Waals surface area contributed by atoms with Crippen molar-refractivity contribution in [3.05, 3.63) is 34.9 Å². The zero-order chi connectivity index (χ0) is 11.5. The van der Waals surface area contributed by atoms with E-state index < -0.39 is 5.60 Å². The lowest BCUT2D eigenvalue weighted by Gasteiger charge is -2.23. The summed E-state index contributed by atoms with van der Waals surface area (Å²) in [5, 5.41) is 10.1. The van der Waals surface area contributed by atoms with Gasteiger partial charge in [0.25, 0.3) is 0 Å². The SMILES string of the molecule is Cc1ccc(CC(C)(O)CCN)c(C)c1. The summed E-state index contributed by atoms with van der Waals surface area (Å²) in [6.07, 6.45) is 1.32. The summed E-state index contributed by atoms with van der Waals surface area (Å²) in [7, 11) is 0. The van der Waals surface area contributed by atoms with Crippen LogP contribution in [-0.2, 0) is 6.42 Å². The molecule has 0 fully saturated rings. The number of benzene rings is 1. The van der Waals surface area contributed by atoms with Gasteiger partial charge in [-0.15, -0.1) is 0 Å². The van der Waals surface area contributed by atoms with Crippen LogP contribution in [0.25, 0.3) is 0 Å². The van der Waals surface area contributed by atoms with Gasteiger partial charge in [-0.3, -0.25) is 0 Å². The molecule has 0 aliphatic carbocycles. The third-order valence-corrected chi connectivity index (χ3v) is 2.75. The van der Waals surface area contributed by atoms with Crippen LogP contribution in [0.5, 0.6) is 0 Å². The van der Waals surface area contributed by atoms with Crippen LogP contribution in [0.3, 0.4) is 0 Å². The number of aliphatic hydroxyl groups is 1. The fourth-order valence-corrected chi connectivity index (χ4v) is 1.85. The Balaban J connectivity index is 2.80. The topological polar surface area (TPSA) is 46.2 Å². The highest BCUT2D eigenvalue weighted by Crippen LogP contribution is 2.19. The smallest absolute Gasteiger partial charge is 0.0672 e. The van der Waals surface area contributed by atoms with Crippen LogP contribution in [0.2, 0.25) is 0 Å². The molecule has 0 spiro atoms. The zero-order valence-corrected chi connectivity index (χ0v) is 9.88. The second kappa shape index (κ2) is 4.77. The molecular formula is C13H21NO. The minimum atomic E-state index is -0.686. The zero-order valence-electron chi connectivity index (χ0n) is 9.88. The molecule has 2 heteroatoms. The molecule has 0 heterocycles.